The van der Waals surface area contributed by atoms with Gasteiger partial charge >= 0.3 is 0 Å². The lowest BCUT2D eigenvalue weighted by atomic mass is 10.5. The van der Waals surface area contributed by atoms with E-state index in [9.17, 15) is 4.79 Å². The van der Waals surface area contributed by atoms with E-state index in [1.165, 1.54) is 0 Å². The summed E-state index contributed by atoms with van der Waals surface area (Å²) in [5.41, 5.74) is 0.693. The van der Waals surface area contributed by atoms with Crippen molar-refractivity contribution in [1.29, 1.82) is 0 Å². The second kappa shape index (κ2) is 5.86. The van der Waals surface area contributed by atoms with Gasteiger partial charge in [-0.3, -0.25) is 4.79 Å². The van der Waals surface area contributed by atoms with E-state index in [1.807, 2.05) is 13.8 Å². The highest BCUT2D eigenvalue weighted by Gasteiger charge is 2.17. The molecule has 0 aromatic heterocycles. The van der Waals surface area contributed by atoms with Crippen molar-refractivity contribution in [1.82, 2.24) is 5.32 Å². The van der Waals surface area contributed by atoms with Crippen LogP contribution in [0.15, 0.2) is 23.3 Å². The molecule has 0 aliphatic carbocycles. The van der Waals surface area contributed by atoms with Crippen LogP contribution in [-0.4, -0.2) is 11.2 Å². The molecule has 0 aromatic carbocycles. The summed E-state index contributed by atoms with van der Waals surface area (Å²) in [5, 5.41) is 3.07. The van der Waals surface area contributed by atoms with Crippen molar-refractivity contribution >= 4 is 17.7 Å². The molecule has 1 aliphatic heterocycles. The van der Waals surface area contributed by atoms with E-state index >= 15 is 0 Å². The van der Waals surface area contributed by atoms with Crippen molar-refractivity contribution in [2.24, 2.45) is 0 Å². The first kappa shape index (κ1) is 12.3. The molecule has 0 radical (unpaired) electrons. The van der Waals surface area contributed by atoms with Gasteiger partial charge in [0.2, 0.25) is 0 Å². The van der Waals surface area contributed by atoms with Gasteiger partial charge in [-0.15, -0.1) is 11.8 Å². The minimum atomic E-state index is -0.0197. The lowest BCUT2D eigenvalue weighted by Crippen LogP contribution is -2.15. The first-order valence-corrected chi connectivity index (χ1v) is 5.36. The smallest absolute Gasteiger partial charge is 0.262 e. The molecule has 0 spiro atoms. The number of thioether (sulfide) groups is 1. The lowest BCUT2D eigenvalue weighted by molar-refractivity contribution is -0.115. The van der Waals surface area contributed by atoms with E-state index in [2.05, 4.69) is 25.7 Å². The van der Waals surface area contributed by atoms with Crippen LogP contribution in [-0.2, 0) is 4.79 Å². The number of allylic oxidation sites excluding steroid dienone is 1. The third-order valence-electron chi connectivity index (χ3n) is 1.17. The van der Waals surface area contributed by atoms with Gasteiger partial charge in [-0.05, 0) is 6.08 Å². The molecular formula is C10H17NOS. The molecule has 0 saturated carbocycles. The largest absolute Gasteiger partial charge is 0.322 e. The van der Waals surface area contributed by atoms with Crippen LogP contribution in [0.1, 0.15) is 27.7 Å². The van der Waals surface area contributed by atoms with Crippen LogP contribution in [0, 0.1) is 0 Å². The maximum Gasteiger partial charge on any atom is 0.262 e. The lowest BCUT2D eigenvalue weighted by Gasteiger charge is -2.01. The maximum absolute atomic E-state index is 11.1. The average Bonchev–Trinajstić information content (AvgIpc) is 2.33. The van der Waals surface area contributed by atoms with E-state index in [4.69, 9.17) is 0 Å². The topological polar surface area (TPSA) is 29.1 Å². The van der Waals surface area contributed by atoms with E-state index in [0.717, 1.165) is 4.91 Å². The molecule has 0 aromatic rings. The quantitative estimate of drug-likeness (QED) is 0.741. The first-order valence-electron chi connectivity index (χ1n) is 4.48. The molecule has 1 N–H and O–H groups in total. The van der Waals surface area contributed by atoms with E-state index in [0.29, 0.717) is 10.9 Å². The van der Waals surface area contributed by atoms with Gasteiger partial charge < -0.3 is 5.32 Å². The number of amides is 1. The van der Waals surface area contributed by atoms with E-state index in [1.54, 1.807) is 17.8 Å². The van der Waals surface area contributed by atoms with Crippen LogP contribution >= 0.6 is 11.8 Å². The Kier molecular flexibility index (Phi) is 5.55. The average molecular weight is 199 g/mol. The van der Waals surface area contributed by atoms with Crippen LogP contribution in [0.3, 0.4) is 0 Å². The summed E-state index contributed by atoms with van der Waals surface area (Å²) in [6, 6.07) is 0. The van der Waals surface area contributed by atoms with Crippen molar-refractivity contribution in [3.8, 4) is 0 Å². The second-order valence-electron chi connectivity index (χ2n) is 2.65. The Morgan fingerprint density at radius 1 is 1.46 bits per heavy atom. The number of carbonyl (C=O) groups is 1. The standard InChI is InChI=1S/C8H11NOS.C2H6/c1-5(2)11-7-4-6(3)9-8(7)10;1-2/h4-5H,3H2,1-2H3,(H,9,10);1-2H3. The van der Waals surface area contributed by atoms with Crippen molar-refractivity contribution in [3.63, 3.8) is 0 Å². The Bertz CT molecular complexity index is 231. The SMILES string of the molecule is C=C1C=C(SC(C)C)C(=O)N1.CC. The van der Waals surface area contributed by atoms with E-state index < -0.39 is 0 Å². The Morgan fingerprint density at radius 3 is 2.31 bits per heavy atom. The molecule has 13 heavy (non-hydrogen) atoms. The number of carbonyl (C=O) groups excluding carboxylic acids is 1. The van der Waals surface area contributed by atoms with Gasteiger partial charge in [0.15, 0.2) is 0 Å². The van der Waals surface area contributed by atoms with Gasteiger partial charge in [-0.2, -0.15) is 0 Å². The van der Waals surface area contributed by atoms with Gasteiger partial charge in [0.25, 0.3) is 5.91 Å². The van der Waals surface area contributed by atoms with Crippen molar-refractivity contribution < 1.29 is 4.79 Å². The molecule has 1 aliphatic rings. The first-order chi connectivity index (χ1) is 6.09. The minimum Gasteiger partial charge on any atom is -0.322 e. The third kappa shape index (κ3) is 4.18. The normalized spacial score (nSPS) is 15.0. The van der Waals surface area contributed by atoms with Crippen LogP contribution < -0.4 is 5.32 Å². The van der Waals surface area contributed by atoms with Gasteiger partial charge in [-0.1, -0.05) is 34.3 Å². The summed E-state index contributed by atoms with van der Waals surface area (Å²) in [4.78, 5) is 11.8. The van der Waals surface area contributed by atoms with Gasteiger partial charge in [-0.25, -0.2) is 0 Å². The fraction of sp³-hybridized carbons (Fsp3) is 0.500. The minimum absolute atomic E-state index is 0.0197. The molecule has 74 valence electrons. The van der Waals surface area contributed by atoms with Gasteiger partial charge in [0.1, 0.15) is 0 Å². The Labute approximate surface area is 84.5 Å². The molecule has 0 unspecified atom stereocenters. The third-order valence-corrected chi connectivity index (χ3v) is 2.19. The predicted octanol–water partition coefficient (Wildman–Crippen LogP) is 2.68. The molecule has 0 atom stereocenters. The summed E-state index contributed by atoms with van der Waals surface area (Å²) >= 11 is 1.56. The summed E-state index contributed by atoms with van der Waals surface area (Å²) in [5.74, 6) is -0.0197. The number of hydrogen-bond donors (Lipinski definition) is 1. The molecular weight excluding hydrogens is 182 g/mol. The summed E-state index contributed by atoms with van der Waals surface area (Å²) < 4.78 is 0. The van der Waals surface area contributed by atoms with Crippen molar-refractivity contribution in [2.45, 2.75) is 32.9 Å². The Hall–Kier alpha value is -0.700. The maximum atomic E-state index is 11.1. The molecule has 1 rings (SSSR count). The molecule has 2 nitrogen and oxygen atoms in total. The fourth-order valence-electron chi connectivity index (χ4n) is 0.809. The summed E-state index contributed by atoms with van der Waals surface area (Å²) in [6.45, 7) is 11.8. The van der Waals surface area contributed by atoms with E-state index in [-0.39, 0.29) is 5.91 Å². The fourth-order valence-corrected chi connectivity index (χ4v) is 1.69. The van der Waals surface area contributed by atoms with Gasteiger partial charge in [0.05, 0.1) is 4.91 Å². The Morgan fingerprint density at radius 2 is 2.00 bits per heavy atom. The van der Waals surface area contributed by atoms with Crippen LogP contribution in [0.5, 0.6) is 0 Å². The number of hydrogen-bond acceptors (Lipinski definition) is 2. The molecule has 1 amide bonds. The predicted molar refractivity (Wildman–Crippen MR) is 59.4 cm³/mol. The monoisotopic (exact) mass is 199 g/mol. The molecule has 0 saturated heterocycles. The summed E-state index contributed by atoms with van der Waals surface area (Å²) in [6.07, 6.45) is 1.78. The zero-order valence-electron chi connectivity index (χ0n) is 8.68. The van der Waals surface area contributed by atoms with Crippen LogP contribution in [0.4, 0.5) is 0 Å². The zero-order valence-corrected chi connectivity index (χ0v) is 9.49. The molecule has 1 heterocycles. The van der Waals surface area contributed by atoms with Gasteiger partial charge in [0, 0.05) is 10.9 Å². The highest BCUT2D eigenvalue weighted by Crippen LogP contribution is 2.25. The highest BCUT2D eigenvalue weighted by atomic mass is 32.2. The zero-order chi connectivity index (χ0) is 10.4. The molecule has 3 heteroatoms. The highest BCUT2D eigenvalue weighted by molar-refractivity contribution is 8.04. The molecule has 0 bridgehead atoms. The summed E-state index contributed by atoms with van der Waals surface area (Å²) in [7, 11) is 0. The second-order valence-corrected chi connectivity index (χ2v) is 4.27. The number of nitrogens with one attached hydrogen (secondary N) is 1. The number of rotatable bonds is 2. The Balaban J connectivity index is 0.000000671. The van der Waals surface area contributed by atoms with Crippen molar-refractivity contribution in [3.05, 3.63) is 23.3 Å². The van der Waals surface area contributed by atoms with Crippen LogP contribution in [0.2, 0.25) is 0 Å². The molecule has 0 fully saturated rings. The van der Waals surface area contributed by atoms with Crippen LogP contribution in [0.25, 0.3) is 0 Å². The van der Waals surface area contributed by atoms with Crippen molar-refractivity contribution in [2.75, 3.05) is 0 Å².